The first kappa shape index (κ1) is 22.8. The van der Waals surface area contributed by atoms with Gasteiger partial charge in [0.05, 0.1) is 43.1 Å². The molecule has 1 N–H and O–H groups in total. The first-order chi connectivity index (χ1) is 16.5. The molecule has 0 unspecified atom stereocenters. The number of halogens is 3. The maximum Gasteiger partial charge on any atom is 0.266 e. The van der Waals surface area contributed by atoms with Crippen molar-refractivity contribution in [2.24, 2.45) is 0 Å². The number of nitrogens with one attached hydrogen (secondary N) is 1. The predicted molar refractivity (Wildman–Crippen MR) is 127 cm³/mol. The molecule has 2 aromatic carbocycles. The number of fused-ring (bicyclic) bond motifs is 1. The normalized spacial score (nSPS) is 17.3. The van der Waals surface area contributed by atoms with E-state index >= 15 is 0 Å². The predicted octanol–water partition coefficient (Wildman–Crippen LogP) is 6.21. The average Bonchev–Trinajstić information content (AvgIpc) is 3.69. The summed E-state index contributed by atoms with van der Waals surface area (Å²) in [6, 6.07) is 9.63. The number of benzene rings is 2. The van der Waals surface area contributed by atoms with Crippen LogP contribution in [0.3, 0.4) is 0 Å². The van der Waals surface area contributed by atoms with Crippen LogP contribution in [-0.4, -0.2) is 38.4 Å². The molecule has 5 nitrogen and oxygen atoms in total. The van der Waals surface area contributed by atoms with E-state index in [9.17, 15) is 13.2 Å². The maximum atomic E-state index is 14.8. The standard InChI is InChI=1S/C26H28F3N3O2/c1-15(17-4-3-5-18(25(17)27)26(28)29)30-21-13-20(16-6-7-16)31-22-14-24(33-2)23(12-19(21)22)32-8-10-34-11-9-32/h3-5,12-16,26H,6-11H2,1-2H3,(H,30,31)/t15-/m1/s1. The van der Waals surface area contributed by atoms with Crippen molar-refractivity contribution in [3.63, 3.8) is 0 Å². The summed E-state index contributed by atoms with van der Waals surface area (Å²) in [5.74, 6) is 0.280. The summed E-state index contributed by atoms with van der Waals surface area (Å²) in [5, 5.41) is 4.27. The van der Waals surface area contributed by atoms with Crippen molar-refractivity contribution < 1.29 is 22.6 Å². The fraction of sp³-hybridized carbons (Fsp3) is 0.423. The van der Waals surface area contributed by atoms with Gasteiger partial charge in [-0.1, -0.05) is 18.2 Å². The molecule has 0 spiro atoms. The van der Waals surface area contributed by atoms with Crippen LogP contribution in [0.25, 0.3) is 10.9 Å². The third kappa shape index (κ3) is 4.39. The number of pyridine rings is 1. The Balaban J connectivity index is 1.58. The molecule has 2 fully saturated rings. The number of methoxy groups -OCH3 is 1. The SMILES string of the molecule is COc1cc2nc(C3CC3)cc(N[C@H](C)c3cccc(C(F)F)c3F)c2cc1N1CCOCC1. The van der Waals surface area contributed by atoms with Gasteiger partial charge in [-0.05, 0) is 31.9 Å². The van der Waals surface area contributed by atoms with Crippen LogP contribution in [0.1, 0.15) is 55.0 Å². The van der Waals surface area contributed by atoms with Crippen molar-refractivity contribution in [3.8, 4) is 5.75 Å². The van der Waals surface area contributed by atoms with Crippen LogP contribution >= 0.6 is 0 Å². The molecule has 180 valence electrons. The molecule has 1 aromatic heterocycles. The van der Waals surface area contributed by atoms with Crippen LogP contribution < -0.4 is 15.0 Å². The van der Waals surface area contributed by atoms with Gasteiger partial charge in [-0.25, -0.2) is 13.2 Å². The molecule has 1 saturated heterocycles. The molecule has 2 aliphatic rings. The molecule has 0 radical (unpaired) electrons. The molecule has 2 heterocycles. The van der Waals surface area contributed by atoms with E-state index in [1.807, 2.05) is 18.2 Å². The van der Waals surface area contributed by atoms with Crippen molar-refractivity contribution in [2.45, 2.75) is 38.2 Å². The van der Waals surface area contributed by atoms with Crippen LogP contribution in [0.4, 0.5) is 24.5 Å². The summed E-state index contributed by atoms with van der Waals surface area (Å²) < 4.78 is 52.6. The zero-order valence-electron chi connectivity index (χ0n) is 19.3. The number of aromatic nitrogens is 1. The van der Waals surface area contributed by atoms with Gasteiger partial charge in [0.1, 0.15) is 11.6 Å². The number of ether oxygens (including phenoxy) is 2. The van der Waals surface area contributed by atoms with Crippen molar-refractivity contribution >= 4 is 22.3 Å². The lowest BCUT2D eigenvalue weighted by Crippen LogP contribution is -2.36. The molecule has 0 bridgehead atoms. The van der Waals surface area contributed by atoms with Crippen LogP contribution in [-0.2, 0) is 4.74 Å². The van der Waals surface area contributed by atoms with Gasteiger partial charge < -0.3 is 19.7 Å². The fourth-order valence-corrected chi connectivity index (χ4v) is 4.57. The van der Waals surface area contributed by atoms with E-state index in [1.165, 1.54) is 6.07 Å². The first-order valence-electron chi connectivity index (χ1n) is 11.6. The maximum absolute atomic E-state index is 14.8. The second-order valence-corrected chi connectivity index (χ2v) is 8.93. The van der Waals surface area contributed by atoms with E-state index in [0.717, 1.165) is 65.7 Å². The summed E-state index contributed by atoms with van der Waals surface area (Å²) in [6.07, 6.45) is -0.692. The van der Waals surface area contributed by atoms with Crippen molar-refractivity contribution in [3.05, 3.63) is 59.0 Å². The zero-order valence-corrected chi connectivity index (χ0v) is 19.3. The molecular formula is C26H28F3N3O2. The summed E-state index contributed by atoms with van der Waals surface area (Å²) in [7, 11) is 1.65. The van der Waals surface area contributed by atoms with Crippen molar-refractivity contribution in [1.82, 2.24) is 4.98 Å². The molecule has 34 heavy (non-hydrogen) atoms. The Hall–Kier alpha value is -3.00. The van der Waals surface area contributed by atoms with E-state index in [1.54, 1.807) is 20.1 Å². The molecule has 1 aliphatic heterocycles. The van der Waals surface area contributed by atoms with E-state index in [0.29, 0.717) is 19.1 Å². The molecule has 0 amide bonds. The highest BCUT2D eigenvalue weighted by atomic mass is 19.3. The second kappa shape index (κ2) is 9.33. The third-order valence-corrected chi connectivity index (χ3v) is 6.61. The molecule has 1 aliphatic carbocycles. The van der Waals surface area contributed by atoms with Crippen molar-refractivity contribution in [1.29, 1.82) is 0 Å². The Bertz CT molecular complexity index is 1190. The number of hydrogen-bond donors (Lipinski definition) is 1. The van der Waals surface area contributed by atoms with E-state index < -0.39 is 23.8 Å². The number of nitrogens with zero attached hydrogens (tertiary/aromatic N) is 2. The molecule has 1 atom stereocenters. The summed E-state index contributed by atoms with van der Waals surface area (Å²) in [5.41, 5.74) is 3.14. The van der Waals surface area contributed by atoms with Gasteiger partial charge in [-0.2, -0.15) is 0 Å². The van der Waals surface area contributed by atoms with Gasteiger partial charge in [0.2, 0.25) is 0 Å². The highest BCUT2D eigenvalue weighted by Crippen LogP contribution is 2.43. The lowest BCUT2D eigenvalue weighted by molar-refractivity contribution is 0.122. The van der Waals surface area contributed by atoms with Crippen molar-refractivity contribution in [2.75, 3.05) is 43.6 Å². The minimum Gasteiger partial charge on any atom is -0.495 e. The molecule has 1 saturated carbocycles. The lowest BCUT2D eigenvalue weighted by Gasteiger charge is -2.30. The third-order valence-electron chi connectivity index (χ3n) is 6.61. The molecular weight excluding hydrogens is 443 g/mol. The number of anilines is 2. The minimum atomic E-state index is -2.86. The zero-order chi connectivity index (χ0) is 23.8. The number of alkyl halides is 2. The molecule has 3 aromatic rings. The number of morpholine rings is 1. The highest BCUT2D eigenvalue weighted by Gasteiger charge is 2.28. The Kier molecular flexibility index (Phi) is 6.25. The number of hydrogen-bond acceptors (Lipinski definition) is 5. The second-order valence-electron chi connectivity index (χ2n) is 8.93. The Morgan fingerprint density at radius 1 is 1.12 bits per heavy atom. The van der Waals surface area contributed by atoms with Crippen LogP contribution in [0.2, 0.25) is 0 Å². The molecule has 8 heteroatoms. The topological polar surface area (TPSA) is 46.6 Å². The largest absolute Gasteiger partial charge is 0.495 e. The van der Waals surface area contributed by atoms with Crippen LogP contribution in [0, 0.1) is 5.82 Å². The van der Waals surface area contributed by atoms with Crippen LogP contribution in [0.5, 0.6) is 5.75 Å². The Morgan fingerprint density at radius 3 is 2.53 bits per heavy atom. The van der Waals surface area contributed by atoms with E-state index in [4.69, 9.17) is 14.5 Å². The summed E-state index contributed by atoms with van der Waals surface area (Å²) >= 11 is 0. The first-order valence-corrected chi connectivity index (χ1v) is 11.6. The summed E-state index contributed by atoms with van der Waals surface area (Å²) in [4.78, 5) is 7.11. The smallest absolute Gasteiger partial charge is 0.266 e. The highest BCUT2D eigenvalue weighted by molar-refractivity contribution is 5.96. The van der Waals surface area contributed by atoms with Gasteiger partial charge in [-0.3, -0.25) is 4.98 Å². The van der Waals surface area contributed by atoms with Gasteiger partial charge in [0.25, 0.3) is 6.43 Å². The van der Waals surface area contributed by atoms with Gasteiger partial charge >= 0.3 is 0 Å². The van der Waals surface area contributed by atoms with E-state index in [-0.39, 0.29) is 5.56 Å². The Morgan fingerprint density at radius 2 is 1.85 bits per heavy atom. The van der Waals surface area contributed by atoms with E-state index in [2.05, 4.69) is 10.2 Å². The van der Waals surface area contributed by atoms with Gasteiger partial charge in [0.15, 0.2) is 0 Å². The monoisotopic (exact) mass is 471 g/mol. The fourth-order valence-electron chi connectivity index (χ4n) is 4.57. The van der Waals surface area contributed by atoms with Gasteiger partial charge in [-0.15, -0.1) is 0 Å². The van der Waals surface area contributed by atoms with Crippen LogP contribution in [0.15, 0.2) is 36.4 Å². The average molecular weight is 472 g/mol. The summed E-state index contributed by atoms with van der Waals surface area (Å²) in [6.45, 7) is 4.56. The minimum absolute atomic E-state index is 0.206. The lowest BCUT2D eigenvalue weighted by atomic mass is 10.0. The van der Waals surface area contributed by atoms with Gasteiger partial charge in [0, 0.05) is 47.4 Å². The quantitative estimate of drug-likeness (QED) is 0.444. The Labute approximate surface area is 196 Å². The molecule has 5 rings (SSSR count). The number of rotatable bonds is 7.